The molecule has 1 aromatic heterocycles. The van der Waals surface area contributed by atoms with Crippen molar-refractivity contribution in [2.45, 2.75) is 19.3 Å². The molecule has 4 nitrogen and oxygen atoms in total. The van der Waals surface area contributed by atoms with E-state index in [-0.39, 0.29) is 23.7 Å². The quantitative estimate of drug-likeness (QED) is 0.670. The topological polar surface area (TPSA) is 54.1 Å². The second-order valence-electron chi connectivity index (χ2n) is 6.80. The summed E-state index contributed by atoms with van der Waals surface area (Å²) in [6.07, 6.45) is 1.86. The second kappa shape index (κ2) is 7.38. The molecule has 0 aliphatic rings. The summed E-state index contributed by atoms with van der Waals surface area (Å²) in [4.78, 5) is 15.2. The van der Waals surface area contributed by atoms with Gasteiger partial charge in [-0.1, -0.05) is 25.4 Å². The van der Waals surface area contributed by atoms with Gasteiger partial charge in [0.1, 0.15) is 11.6 Å². The Balaban J connectivity index is 1.60. The molecular formula is C20H20ClFN2O2. The van der Waals surface area contributed by atoms with Gasteiger partial charge in [0.2, 0.25) is 0 Å². The zero-order valence-corrected chi connectivity index (χ0v) is 15.4. The van der Waals surface area contributed by atoms with Gasteiger partial charge in [0.15, 0.2) is 6.61 Å². The van der Waals surface area contributed by atoms with Crippen LogP contribution in [0.5, 0.6) is 5.75 Å². The minimum absolute atomic E-state index is 0.0726. The Morgan fingerprint density at radius 1 is 1.23 bits per heavy atom. The van der Waals surface area contributed by atoms with Gasteiger partial charge >= 0.3 is 0 Å². The van der Waals surface area contributed by atoms with Crippen molar-refractivity contribution in [2.24, 2.45) is 0 Å². The van der Waals surface area contributed by atoms with Crippen LogP contribution in [0, 0.1) is 5.82 Å². The Bertz CT molecular complexity index is 919. The van der Waals surface area contributed by atoms with Crippen LogP contribution in [0.2, 0.25) is 5.02 Å². The molecule has 0 radical (unpaired) electrons. The first-order valence-corrected chi connectivity index (χ1v) is 8.65. The third-order valence-corrected chi connectivity index (χ3v) is 4.54. The summed E-state index contributed by atoms with van der Waals surface area (Å²) in [5.41, 5.74) is 1.43. The lowest BCUT2D eigenvalue weighted by molar-refractivity contribution is -0.123. The molecule has 2 N–H and O–H groups in total. The third kappa shape index (κ3) is 4.17. The highest BCUT2D eigenvalue weighted by Crippen LogP contribution is 2.30. The van der Waals surface area contributed by atoms with E-state index in [1.165, 1.54) is 12.1 Å². The lowest BCUT2D eigenvalue weighted by Crippen LogP contribution is -2.38. The number of H-pyrrole nitrogens is 1. The summed E-state index contributed by atoms with van der Waals surface area (Å²) in [6, 6.07) is 11.5. The number of hydrogen-bond acceptors (Lipinski definition) is 2. The Morgan fingerprint density at radius 2 is 1.96 bits per heavy atom. The van der Waals surface area contributed by atoms with Gasteiger partial charge in [0.25, 0.3) is 5.91 Å². The van der Waals surface area contributed by atoms with Crippen molar-refractivity contribution in [1.29, 1.82) is 0 Å². The fourth-order valence-corrected chi connectivity index (χ4v) is 2.93. The van der Waals surface area contributed by atoms with Crippen molar-refractivity contribution >= 4 is 28.4 Å². The molecule has 0 aliphatic heterocycles. The molecule has 0 aliphatic carbocycles. The van der Waals surface area contributed by atoms with Crippen molar-refractivity contribution in [1.82, 2.24) is 10.3 Å². The van der Waals surface area contributed by atoms with Crippen LogP contribution in [-0.2, 0) is 10.2 Å². The number of fused-ring (bicyclic) bond motifs is 1. The first-order chi connectivity index (χ1) is 12.3. The number of carbonyl (C=O) groups excluding carboxylic acids is 1. The van der Waals surface area contributed by atoms with Gasteiger partial charge in [-0.3, -0.25) is 4.79 Å². The summed E-state index contributed by atoms with van der Waals surface area (Å²) in [7, 11) is 0. The number of amides is 1. The maximum Gasteiger partial charge on any atom is 0.257 e. The maximum absolute atomic E-state index is 13.3. The number of nitrogens with one attached hydrogen (secondary N) is 2. The number of halogens is 2. The Labute approximate surface area is 156 Å². The van der Waals surface area contributed by atoms with E-state index in [1.54, 1.807) is 30.3 Å². The third-order valence-electron chi connectivity index (χ3n) is 4.28. The first-order valence-electron chi connectivity index (χ1n) is 8.27. The SMILES string of the molecule is CC(C)(CNC(=O)COc1ccc(Cl)cc1)c1c[nH]c2cc(F)ccc12. The molecule has 1 amide bonds. The van der Waals surface area contributed by atoms with Crippen LogP contribution in [0.1, 0.15) is 19.4 Å². The molecule has 0 atom stereocenters. The average molecular weight is 375 g/mol. The number of hydrogen-bond donors (Lipinski definition) is 2. The summed E-state index contributed by atoms with van der Waals surface area (Å²) >= 11 is 5.82. The Kier molecular flexibility index (Phi) is 5.18. The number of benzene rings is 2. The molecule has 2 aromatic carbocycles. The van der Waals surface area contributed by atoms with E-state index in [1.807, 2.05) is 20.0 Å². The van der Waals surface area contributed by atoms with E-state index in [2.05, 4.69) is 10.3 Å². The van der Waals surface area contributed by atoms with Gasteiger partial charge in [-0.15, -0.1) is 0 Å². The number of aromatic amines is 1. The molecule has 3 rings (SSSR count). The van der Waals surface area contributed by atoms with E-state index >= 15 is 0 Å². The summed E-state index contributed by atoms with van der Waals surface area (Å²) in [6.45, 7) is 4.41. The van der Waals surface area contributed by atoms with Crippen molar-refractivity contribution in [3.8, 4) is 5.75 Å². The van der Waals surface area contributed by atoms with Crippen LogP contribution in [0.25, 0.3) is 10.9 Å². The second-order valence-corrected chi connectivity index (χ2v) is 7.23. The molecule has 0 bridgehead atoms. The van der Waals surface area contributed by atoms with Gasteiger partial charge in [-0.25, -0.2) is 4.39 Å². The van der Waals surface area contributed by atoms with E-state index in [4.69, 9.17) is 16.3 Å². The largest absolute Gasteiger partial charge is 0.484 e. The molecule has 0 saturated heterocycles. The number of ether oxygens (including phenoxy) is 1. The van der Waals surface area contributed by atoms with Gasteiger partial charge in [0, 0.05) is 34.1 Å². The van der Waals surface area contributed by atoms with Crippen molar-refractivity contribution in [2.75, 3.05) is 13.2 Å². The molecule has 0 fully saturated rings. The van der Waals surface area contributed by atoms with Crippen LogP contribution < -0.4 is 10.1 Å². The standard InChI is InChI=1S/C20H20ClFN2O2/c1-20(2,17-10-23-18-9-14(22)5-8-16(17)18)12-24-19(25)11-26-15-6-3-13(21)4-7-15/h3-10,23H,11-12H2,1-2H3,(H,24,25). The molecule has 1 heterocycles. The van der Waals surface area contributed by atoms with Crippen LogP contribution in [-0.4, -0.2) is 24.0 Å². The molecule has 0 saturated carbocycles. The molecule has 3 aromatic rings. The van der Waals surface area contributed by atoms with E-state index in [9.17, 15) is 9.18 Å². The monoisotopic (exact) mass is 374 g/mol. The lowest BCUT2D eigenvalue weighted by Gasteiger charge is -2.25. The van der Waals surface area contributed by atoms with Crippen LogP contribution in [0.3, 0.4) is 0 Å². The highest BCUT2D eigenvalue weighted by atomic mass is 35.5. The lowest BCUT2D eigenvalue weighted by atomic mass is 9.84. The van der Waals surface area contributed by atoms with E-state index < -0.39 is 0 Å². The molecule has 6 heteroatoms. The van der Waals surface area contributed by atoms with Crippen molar-refractivity contribution < 1.29 is 13.9 Å². The fraction of sp³-hybridized carbons (Fsp3) is 0.250. The minimum Gasteiger partial charge on any atom is -0.484 e. The predicted molar refractivity (Wildman–Crippen MR) is 101 cm³/mol. The van der Waals surface area contributed by atoms with Crippen LogP contribution in [0.15, 0.2) is 48.7 Å². The molecule has 0 spiro atoms. The molecule has 136 valence electrons. The highest BCUT2D eigenvalue weighted by Gasteiger charge is 2.25. The van der Waals surface area contributed by atoms with Crippen LogP contribution >= 0.6 is 11.6 Å². The molecule has 26 heavy (non-hydrogen) atoms. The highest BCUT2D eigenvalue weighted by molar-refractivity contribution is 6.30. The summed E-state index contributed by atoms with van der Waals surface area (Å²) in [5, 5.41) is 4.45. The zero-order valence-electron chi connectivity index (χ0n) is 14.6. The Morgan fingerprint density at radius 3 is 2.69 bits per heavy atom. The minimum atomic E-state index is -0.327. The van der Waals surface area contributed by atoms with Gasteiger partial charge in [0.05, 0.1) is 0 Å². The van der Waals surface area contributed by atoms with E-state index in [0.29, 0.717) is 17.3 Å². The smallest absolute Gasteiger partial charge is 0.257 e. The first kappa shape index (κ1) is 18.3. The van der Waals surface area contributed by atoms with Gasteiger partial charge in [-0.2, -0.15) is 0 Å². The summed E-state index contributed by atoms with van der Waals surface area (Å²) in [5.74, 6) is 0.0951. The molecule has 0 unspecified atom stereocenters. The van der Waals surface area contributed by atoms with Crippen molar-refractivity contribution in [3.63, 3.8) is 0 Å². The number of carbonyl (C=O) groups is 1. The predicted octanol–water partition coefficient (Wildman–Crippen LogP) is 4.43. The number of aromatic nitrogens is 1. The molecular weight excluding hydrogens is 355 g/mol. The fourth-order valence-electron chi connectivity index (χ4n) is 2.80. The van der Waals surface area contributed by atoms with Gasteiger partial charge < -0.3 is 15.0 Å². The normalized spacial score (nSPS) is 11.5. The number of rotatable bonds is 6. The zero-order chi connectivity index (χ0) is 18.7. The van der Waals surface area contributed by atoms with Crippen molar-refractivity contribution in [3.05, 3.63) is 65.1 Å². The average Bonchev–Trinajstić information content (AvgIpc) is 3.03. The maximum atomic E-state index is 13.3. The van der Waals surface area contributed by atoms with Crippen LogP contribution in [0.4, 0.5) is 4.39 Å². The summed E-state index contributed by atoms with van der Waals surface area (Å²) < 4.78 is 18.8. The van der Waals surface area contributed by atoms with Gasteiger partial charge in [-0.05, 0) is 48.0 Å². The van der Waals surface area contributed by atoms with E-state index in [0.717, 1.165) is 16.5 Å². The Hall–Kier alpha value is -2.53.